The molecule has 0 aliphatic carbocycles. The number of nitrogens with zero attached hydrogens (tertiary/aromatic N) is 2. The molecule has 1 unspecified atom stereocenters. The molecule has 5 heteroatoms. The molecule has 1 atom stereocenters. The van der Waals surface area contributed by atoms with Crippen molar-refractivity contribution in [1.29, 1.82) is 0 Å². The van der Waals surface area contributed by atoms with Gasteiger partial charge in [-0.1, -0.05) is 12.1 Å². The molecule has 0 aliphatic heterocycles. The number of hydrogen-bond acceptors (Lipinski definition) is 4. The third-order valence-corrected chi connectivity index (χ3v) is 2.47. The summed E-state index contributed by atoms with van der Waals surface area (Å²) in [6.07, 6.45) is 3.75. The molecular formula is C13H13N3O2. The number of carbonyl (C=O) groups excluding carboxylic acids is 1. The van der Waals surface area contributed by atoms with Gasteiger partial charge in [0.15, 0.2) is 0 Å². The van der Waals surface area contributed by atoms with Gasteiger partial charge in [-0.2, -0.15) is 0 Å². The molecular weight excluding hydrogens is 230 g/mol. The van der Waals surface area contributed by atoms with Crippen LogP contribution in [0.1, 0.15) is 28.9 Å². The van der Waals surface area contributed by atoms with Gasteiger partial charge in [0.25, 0.3) is 5.91 Å². The number of benzene rings is 1. The first-order valence-corrected chi connectivity index (χ1v) is 5.51. The van der Waals surface area contributed by atoms with Crippen molar-refractivity contribution in [3.63, 3.8) is 0 Å². The van der Waals surface area contributed by atoms with Crippen LogP contribution in [0.25, 0.3) is 0 Å². The normalized spacial score (nSPS) is 11.9. The van der Waals surface area contributed by atoms with Crippen LogP contribution in [0, 0.1) is 0 Å². The van der Waals surface area contributed by atoms with E-state index >= 15 is 0 Å². The molecule has 0 saturated heterocycles. The standard InChI is InChI=1S/C13H13N3O2/c1-9(17)10-2-4-12(5-3-10)16-13(18)11-6-14-8-15-7-11/h2-9,17H,1H3,(H,16,18). The van der Waals surface area contributed by atoms with Gasteiger partial charge in [0.2, 0.25) is 0 Å². The first kappa shape index (κ1) is 12.2. The van der Waals surface area contributed by atoms with Gasteiger partial charge in [0, 0.05) is 18.1 Å². The van der Waals surface area contributed by atoms with Crippen LogP contribution in [0.15, 0.2) is 43.0 Å². The number of rotatable bonds is 3. The van der Waals surface area contributed by atoms with E-state index < -0.39 is 6.10 Å². The van der Waals surface area contributed by atoms with Crippen LogP contribution in [0.3, 0.4) is 0 Å². The Kier molecular flexibility index (Phi) is 3.64. The van der Waals surface area contributed by atoms with E-state index in [2.05, 4.69) is 15.3 Å². The number of aliphatic hydroxyl groups is 1. The average Bonchev–Trinajstić information content (AvgIpc) is 2.40. The van der Waals surface area contributed by atoms with Crippen LogP contribution < -0.4 is 5.32 Å². The summed E-state index contributed by atoms with van der Waals surface area (Å²) in [6, 6.07) is 7.01. The van der Waals surface area contributed by atoms with Crippen LogP contribution in [0.5, 0.6) is 0 Å². The van der Waals surface area contributed by atoms with Gasteiger partial charge in [0.05, 0.1) is 11.7 Å². The van der Waals surface area contributed by atoms with Crippen molar-refractivity contribution in [2.24, 2.45) is 0 Å². The maximum absolute atomic E-state index is 11.8. The third kappa shape index (κ3) is 2.89. The molecule has 1 aromatic carbocycles. The van der Waals surface area contributed by atoms with Gasteiger partial charge >= 0.3 is 0 Å². The molecule has 0 spiro atoms. The number of amides is 1. The molecule has 92 valence electrons. The summed E-state index contributed by atoms with van der Waals surface area (Å²) in [4.78, 5) is 19.4. The average molecular weight is 243 g/mol. The fraction of sp³-hybridized carbons (Fsp3) is 0.154. The van der Waals surface area contributed by atoms with Crippen LogP contribution in [-0.2, 0) is 0 Å². The topological polar surface area (TPSA) is 75.1 Å². The van der Waals surface area contributed by atoms with Gasteiger partial charge in [-0.05, 0) is 24.6 Å². The van der Waals surface area contributed by atoms with Crippen LogP contribution in [0.2, 0.25) is 0 Å². The van der Waals surface area contributed by atoms with E-state index in [9.17, 15) is 9.90 Å². The highest BCUT2D eigenvalue weighted by Gasteiger charge is 2.06. The summed E-state index contributed by atoms with van der Waals surface area (Å²) >= 11 is 0. The molecule has 0 radical (unpaired) electrons. The summed E-state index contributed by atoms with van der Waals surface area (Å²) in [7, 11) is 0. The Hall–Kier alpha value is -2.27. The molecule has 2 aromatic rings. The van der Waals surface area contributed by atoms with Gasteiger partial charge in [-0.15, -0.1) is 0 Å². The molecule has 2 N–H and O–H groups in total. The number of carbonyl (C=O) groups is 1. The minimum absolute atomic E-state index is 0.264. The Morgan fingerprint density at radius 3 is 2.39 bits per heavy atom. The zero-order valence-corrected chi connectivity index (χ0v) is 9.87. The van der Waals surface area contributed by atoms with Crippen LogP contribution in [0.4, 0.5) is 5.69 Å². The third-order valence-electron chi connectivity index (χ3n) is 2.47. The lowest BCUT2D eigenvalue weighted by atomic mass is 10.1. The summed E-state index contributed by atoms with van der Waals surface area (Å²) in [5.74, 6) is -0.264. The van der Waals surface area contributed by atoms with Crippen molar-refractivity contribution in [2.75, 3.05) is 5.32 Å². The highest BCUT2D eigenvalue weighted by Crippen LogP contribution is 2.16. The highest BCUT2D eigenvalue weighted by atomic mass is 16.3. The number of nitrogens with one attached hydrogen (secondary N) is 1. The van der Waals surface area contributed by atoms with Gasteiger partial charge in [-0.3, -0.25) is 4.79 Å². The fourth-order valence-electron chi connectivity index (χ4n) is 1.46. The summed E-state index contributed by atoms with van der Waals surface area (Å²) in [5.41, 5.74) is 1.86. The molecule has 18 heavy (non-hydrogen) atoms. The number of anilines is 1. The van der Waals surface area contributed by atoms with E-state index in [4.69, 9.17) is 0 Å². The fourth-order valence-corrected chi connectivity index (χ4v) is 1.46. The van der Waals surface area contributed by atoms with Gasteiger partial charge < -0.3 is 10.4 Å². The number of hydrogen-bond donors (Lipinski definition) is 2. The summed E-state index contributed by atoms with van der Waals surface area (Å²) < 4.78 is 0. The Morgan fingerprint density at radius 1 is 1.22 bits per heavy atom. The maximum atomic E-state index is 11.8. The predicted molar refractivity (Wildman–Crippen MR) is 67.1 cm³/mol. The second-order valence-electron chi connectivity index (χ2n) is 3.88. The molecule has 0 fully saturated rings. The van der Waals surface area contributed by atoms with E-state index in [1.165, 1.54) is 18.7 Å². The maximum Gasteiger partial charge on any atom is 0.258 e. The van der Waals surface area contributed by atoms with Gasteiger partial charge in [0.1, 0.15) is 6.33 Å². The quantitative estimate of drug-likeness (QED) is 0.861. The molecule has 2 rings (SSSR count). The summed E-state index contributed by atoms with van der Waals surface area (Å²) in [5, 5.41) is 12.1. The lowest BCUT2D eigenvalue weighted by Crippen LogP contribution is -2.12. The molecule has 0 bridgehead atoms. The number of aromatic nitrogens is 2. The Balaban J connectivity index is 2.08. The molecule has 1 aromatic heterocycles. The Bertz CT molecular complexity index is 524. The van der Waals surface area contributed by atoms with Crippen molar-refractivity contribution >= 4 is 11.6 Å². The molecule has 5 nitrogen and oxygen atoms in total. The number of aliphatic hydroxyl groups excluding tert-OH is 1. The van der Waals surface area contributed by atoms with Crippen molar-refractivity contribution in [3.05, 3.63) is 54.1 Å². The minimum atomic E-state index is -0.516. The molecule has 0 aliphatic rings. The van der Waals surface area contributed by atoms with E-state index in [0.29, 0.717) is 11.3 Å². The lowest BCUT2D eigenvalue weighted by molar-refractivity contribution is 0.102. The van der Waals surface area contributed by atoms with Gasteiger partial charge in [-0.25, -0.2) is 9.97 Å². The first-order chi connectivity index (χ1) is 8.66. The SMILES string of the molecule is CC(O)c1ccc(NC(=O)c2cncnc2)cc1. The Morgan fingerprint density at radius 2 is 1.83 bits per heavy atom. The largest absolute Gasteiger partial charge is 0.389 e. The molecule has 0 saturated carbocycles. The molecule has 1 amide bonds. The van der Waals surface area contributed by atoms with Crippen molar-refractivity contribution < 1.29 is 9.90 Å². The van der Waals surface area contributed by atoms with Crippen molar-refractivity contribution in [2.45, 2.75) is 13.0 Å². The van der Waals surface area contributed by atoms with E-state index in [0.717, 1.165) is 5.56 Å². The zero-order valence-electron chi connectivity index (χ0n) is 9.87. The van der Waals surface area contributed by atoms with E-state index in [1.807, 2.05) is 0 Å². The van der Waals surface area contributed by atoms with Crippen molar-refractivity contribution in [1.82, 2.24) is 9.97 Å². The lowest BCUT2D eigenvalue weighted by Gasteiger charge is -2.07. The van der Waals surface area contributed by atoms with Crippen molar-refractivity contribution in [3.8, 4) is 0 Å². The molecule has 1 heterocycles. The smallest absolute Gasteiger partial charge is 0.258 e. The van der Waals surface area contributed by atoms with E-state index in [-0.39, 0.29) is 5.91 Å². The second-order valence-corrected chi connectivity index (χ2v) is 3.88. The highest BCUT2D eigenvalue weighted by molar-refractivity contribution is 6.03. The second kappa shape index (κ2) is 5.37. The van der Waals surface area contributed by atoms with Crippen LogP contribution >= 0.6 is 0 Å². The Labute approximate surface area is 105 Å². The zero-order chi connectivity index (χ0) is 13.0. The minimum Gasteiger partial charge on any atom is -0.389 e. The predicted octanol–water partition coefficient (Wildman–Crippen LogP) is 1.78. The monoisotopic (exact) mass is 243 g/mol. The van der Waals surface area contributed by atoms with E-state index in [1.54, 1.807) is 31.2 Å². The first-order valence-electron chi connectivity index (χ1n) is 5.51. The summed E-state index contributed by atoms with van der Waals surface area (Å²) in [6.45, 7) is 1.69. The van der Waals surface area contributed by atoms with Crippen LogP contribution in [-0.4, -0.2) is 21.0 Å².